The maximum Gasteiger partial charge on any atom is 0.451 e. The van der Waals surface area contributed by atoms with E-state index in [1.807, 2.05) is 0 Å². The Balaban J connectivity index is 2.18. The van der Waals surface area contributed by atoms with Crippen LogP contribution in [0.5, 0.6) is 0 Å². The number of ether oxygens (including phenoxy) is 1. The van der Waals surface area contributed by atoms with E-state index in [9.17, 15) is 13.2 Å². The lowest BCUT2D eigenvalue weighted by atomic mass is 10.2. The largest absolute Gasteiger partial charge is 0.451 e. The molecule has 9 heteroatoms. The van der Waals surface area contributed by atoms with Crippen LogP contribution in [0.2, 0.25) is 0 Å². The first kappa shape index (κ1) is 19.3. The Morgan fingerprint density at radius 1 is 1.17 bits per heavy atom. The fraction of sp³-hybridized carbons (Fsp3) is 0.467. The number of aromatic nitrogens is 3. The number of rotatable bonds is 6. The van der Waals surface area contributed by atoms with Gasteiger partial charge in [0.05, 0.1) is 6.61 Å². The maximum absolute atomic E-state index is 13.2. The molecule has 1 aromatic carbocycles. The quantitative estimate of drug-likeness (QED) is 0.644. The van der Waals surface area contributed by atoms with Crippen LogP contribution < -0.4 is 0 Å². The van der Waals surface area contributed by atoms with Crippen LogP contribution in [0.3, 0.4) is 0 Å². The van der Waals surface area contributed by atoms with Crippen molar-refractivity contribution in [2.45, 2.75) is 12.9 Å². The van der Waals surface area contributed by atoms with Crippen LogP contribution in [-0.2, 0) is 17.6 Å². The molecule has 24 heavy (non-hydrogen) atoms. The summed E-state index contributed by atoms with van der Waals surface area (Å²) in [6, 6.07) is 6.78. The summed E-state index contributed by atoms with van der Waals surface area (Å²) in [7, 11) is -0.756. The third-order valence-corrected chi connectivity index (χ3v) is 5.00. The maximum atomic E-state index is 13.2. The molecule has 4 nitrogen and oxygen atoms in total. The van der Waals surface area contributed by atoms with Gasteiger partial charge in [-0.1, -0.05) is 28.1 Å². The van der Waals surface area contributed by atoms with Crippen molar-refractivity contribution >= 4 is 26.0 Å². The van der Waals surface area contributed by atoms with Crippen LogP contribution in [0.25, 0.3) is 11.4 Å². The molecule has 0 radical (unpaired) electrons. The van der Waals surface area contributed by atoms with Crippen LogP contribution in [-0.4, -0.2) is 45.9 Å². The number of benzene rings is 1. The minimum Gasteiger partial charge on any atom is -0.358 e. The Bertz CT molecular complexity index is 681. The molecule has 1 aromatic heterocycles. The summed E-state index contributed by atoms with van der Waals surface area (Å²) in [5.41, 5.74) is 0.515. The molecule has 0 N–H and O–H groups in total. The zero-order valence-electron chi connectivity index (χ0n) is 13.6. The predicted octanol–water partition coefficient (Wildman–Crippen LogP) is 4.39. The summed E-state index contributed by atoms with van der Waals surface area (Å²) < 4.78 is 46.4. The van der Waals surface area contributed by atoms with Gasteiger partial charge >= 0.3 is 6.18 Å². The van der Waals surface area contributed by atoms with Crippen molar-refractivity contribution in [3.05, 3.63) is 34.6 Å². The molecule has 2 rings (SSSR count). The van der Waals surface area contributed by atoms with Crippen molar-refractivity contribution in [1.82, 2.24) is 14.8 Å². The first-order chi connectivity index (χ1) is 11.1. The summed E-state index contributed by atoms with van der Waals surface area (Å²) in [5.74, 6) is -0.203. The molecule has 0 aliphatic heterocycles. The Morgan fingerprint density at radius 2 is 1.79 bits per heavy atom. The molecule has 0 spiro atoms. The van der Waals surface area contributed by atoms with Crippen molar-refractivity contribution in [2.24, 2.45) is 0 Å². The van der Waals surface area contributed by atoms with E-state index in [0.717, 1.165) is 14.9 Å². The number of nitrogens with zero attached hydrogens (tertiary/aromatic N) is 3. The molecule has 0 amide bonds. The summed E-state index contributed by atoms with van der Waals surface area (Å²) >= 11 is 3.28. The number of alkyl halides is 3. The van der Waals surface area contributed by atoms with Crippen molar-refractivity contribution in [1.29, 1.82) is 0 Å². The van der Waals surface area contributed by atoms with Gasteiger partial charge < -0.3 is 4.74 Å². The molecule has 1 heterocycles. The highest BCUT2D eigenvalue weighted by molar-refractivity contribution is 9.10. The topological polar surface area (TPSA) is 39.9 Å². The van der Waals surface area contributed by atoms with Gasteiger partial charge in [0.2, 0.25) is 5.82 Å². The number of hydrogen-bond acceptors (Lipinski definition) is 3. The van der Waals surface area contributed by atoms with Crippen molar-refractivity contribution in [2.75, 3.05) is 31.1 Å². The molecule has 0 unspecified atom stereocenters. The Hall–Kier alpha value is -1.06. The summed E-state index contributed by atoms with van der Waals surface area (Å²) in [6.07, 6.45) is 1.79. The molecule has 134 valence electrons. The van der Waals surface area contributed by atoms with Gasteiger partial charge in [-0.05, 0) is 30.9 Å². The second-order valence-electron chi connectivity index (χ2n) is 6.10. The third kappa shape index (κ3) is 5.49. The normalized spacial score (nSPS) is 13.3. The van der Waals surface area contributed by atoms with E-state index in [-0.39, 0.29) is 12.6 Å². The molecule has 0 saturated heterocycles. The van der Waals surface area contributed by atoms with Crippen LogP contribution in [0.1, 0.15) is 5.82 Å². The molecular weight excluding hydrogens is 407 g/mol. The highest BCUT2D eigenvalue weighted by Gasteiger charge is 2.38. The molecule has 0 aliphatic carbocycles. The fourth-order valence-electron chi connectivity index (χ4n) is 1.82. The minimum absolute atomic E-state index is 0.0277. The zero-order valence-corrected chi connectivity index (χ0v) is 16.0. The van der Waals surface area contributed by atoms with Crippen LogP contribution in [0.15, 0.2) is 28.7 Å². The first-order valence-electron chi connectivity index (χ1n) is 7.08. The summed E-state index contributed by atoms with van der Waals surface area (Å²) in [5, 5.41) is 3.96. The van der Waals surface area contributed by atoms with Gasteiger partial charge in [0.1, 0.15) is 6.73 Å². The van der Waals surface area contributed by atoms with Gasteiger partial charge in [0, 0.05) is 15.8 Å². The van der Waals surface area contributed by atoms with Gasteiger partial charge in [-0.15, -0.1) is 5.10 Å². The first-order valence-corrected chi connectivity index (χ1v) is 10.9. The molecule has 0 atom stereocenters. The molecule has 0 saturated carbocycles. The molecule has 2 aromatic rings. The molecular formula is C15H19BrF3N3OS. The monoisotopic (exact) mass is 425 g/mol. The van der Waals surface area contributed by atoms with E-state index in [4.69, 9.17) is 4.74 Å². The van der Waals surface area contributed by atoms with Crippen molar-refractivity contribution in [3.8, 4) is 11.4 Å². The standard InChI is InChI=1S/C15H19BrF3N3OS/c1-24(2,3)9-8-23-10-22-14(15(17,18)19)20-13(21-22)11-4-6-12(16)7-5-11/h4-7H,8-10H2,1-3H3. The SMILES string of the molecule is CS(C)(C)CCOCn1nc(-c2ccc(Br)cc2)nc1C(F)(F)F. The predicted molar refractivity (Wildman–Crippen MR) is 94.3 cm³/mol. The van der Waals surface area contributed by atoms with E-state index in [0.29, 0.717) is 12.2 Å². The fourth-order valence-corrected chi connectivity index (χ4v) is 2.71. The highest BCUT2D eigenvalue weighted by atomic mass is 79.9. The van der Waals surface area contributed by atoms with Crippen LogP contribution >= 0.6 is 26.0 Å². The Morgan fingerprint density at radius 3 is 2.33 bits per heavy atom. The average molecular weight is 426 g/mol. The van der Waals surface area contributed by atoms with Gasteiger partial charge in [-0.25, -0.2) is 19.7 Å². The van der Waals surface area contributed by atoms with Gasteiger partial charge in [0.25, 0.3) is 0 Å². The lowest BCUT2D eigenvalue weighted by molar-refractivity contribution is -0.150. The number of hydrogen-bond donors (Lipinski definition) is 0. The van der Waals surface area contributed by atoms with Crippen molar-refractivity contribution < 1.29 is 17.9 Å². The third-order valence-electron chi connectivity index (χ3n) is 3.08. The lowest BCUT2D eigenvalue weighted by Crippen LogP contribution is -2.18. The zero-order chi connectivity index (χ0) is 18.0. The Kier molecular flexibility index (Phi) is 5.98. The van der Waals surface area contributed by atoms with Gasteiger partial charge in [-0.3, -0.25) is 0 Å². The highest BCUT2D eigenvalue weighted by Crippen LogP contribution is 2.34. The molecule has 0 fully saturated rings. The van der Waals surface area contributed by atoms with Crippen molar-refractivity contribution in [3.63, 3.8) is 0 Å². The Labute approximate surface area is 148 Å². The molecule has 0 bridgehead atoms. The average Bonchev–Trinajstić information content (AvgIpc) is 2.88. The van der Waals surface area contributed by atoms with E-state index < -0.39 is 22.0 Å². The second kappa shape index (κ2) is 7.45. The lowest BCUT2D eigenvalue weighted by Gasteiger charge is -2.24. The van der Waals surface area contributed by atoms with Gasteiger partial charge in [0.15, 0.2) is 5.82 Å². The van der Waals surface area contributed by atoms with E-state index in [1.54, 1.807) is 24.3 Å². The summed E-state index contributed by atoms with van der Waals surface area (Å²) in [4.78, 5) is 3.65. The van der Waals surface area contributed by atoms with Crippen LogP contribution in [0.4, 0.5) is 13.2 Å². The molecule has 0 aliphatic rings. The smallest absolute Gasteiger partial charge is 0.358 e. The van der Waals surface area contributed by atoms with Crippen LogP contribution in [0, 0.1) is 0 Å². The summed E-state index contributed by atoms with van der Waals surface area (Å²) in [6.45, 7) is 0.123. The van der Waals surface area contributed by atoms with E-state index >= 15 is 0 Å². The minimum atomic E-state index is -4.58. The van der Waals surface area contributed by atoms with Gasteiger partial charge in [-0.2, -0.15) is 13.2 Å². The van der Waals surface area contributed by atoms with E-state index in [2.05, 4.69) is 44.8 Å². The number of halogens is 4. The van der Waals surface area contributed by atoms with E-state index in [1.165, 1.54) is 0 Å². The second-order valence-corrected chi connectivity index (χ2v) is 11.6.